The Bertz CT molecular complexity index is 397. The number of ketones is 1. The fourth-order valence-corrected chi connectivity index (χ4v) is 5.02. The van der Waals surface area contributed by atoms with Gasteiger partial charge in [0, 0.05) is 23.6 Å². The summed E-state index contributed by atoms with van der Waals surface area (Å²) >= 11 is 0. The van der Waals surface area contributed by atoms with Gasteiger partial charge in [-0.15, -0.1) is 0 Å². The maximum Gasteiger partial charge on any atom is 0.320 e. The topological polar surface area (TPSA) is 60.9 Å². The minimum absolute atomic E-state index is 0. The minimum atomic E-state index is -0.753. The first kappa shape index (κ1) is 38.4. The molecule has 30 heavy (non-hydrogen) atoms. The van der Waals surface area contributed by atoms with E-state index in [1.807, 2.05) is 47.5 Å². The summed E-state index contributed by atoms with van der Waals surface area (Å²) in [5, 5.41) is 8.82. The predicted molar refractivity (Wildman–Crippen MR) is 154 cm³/mol. The van der Waals surface area contributed by atoms with Crippen LogP contribution in [-0.4, -0.2) is 88.9 Å². The zero-order valence-corrected chi connectivity index (χ0v) is 25.2. The number of rotatable bonds is 14. The van der Waals surface area contributed by atoms with Crippen molar-refractivity contribution in [3.8, 4) is 0 Å². The van der Waals surface area contributed by atoms with Crippen LogP contribution in [0.4, 0.5) is 0 Å². The Morgan fingerprint density at radius 3 is 1.40 bits per heavy atom. The monoisotopic (exact) mass is 540 g/mol. The molecule has 0 aliphatic rings. The molecule has 4 atom stereocenters. The van der Waals surface area contributed by atoms with Crippen molar-refractivity contribution in [3.05, 3.63) is 0 Å². The Hall–Kier alpha value is 1.16. The number of aliphatic carboxylic acids is 1. The van der Waals surface area contributed by atoms with Crippen LogP contribution in [0.2, 0.25) is 0 Å². The maximum atomic E-state index is 11.2. The number of hydrogen-bond acceptors (Lipinski definition) is 8. The second-order valence-electron chi connectivity index (χ2n) is 6.88. The average molecular weight is 541 g/mol. The Balaban J connectivity index is -0.000000211. The van der Waals surface area contributed by atoms with E-state index in [-0.39, 0.29) is 38.8 Å². The predicted octanol–water partition coefficient (Wildman–Crippen LogP) is 5.09. The summed E-state index contributed by atoms with van der Waals surface area (Å²) in [6, 6.07) is 0.447. The van der Waals surface area contributed by atoms with E-state index in [0.717, 1.165) is 24.3 Å². The number of carbonyl (C=O) groups excluding carboxylic acids is 1. The van der Waals surface area contributed by atoms with Crippen LogP contribution >= 0.6 is 70.2 Å². The molecule has 0 rings (SSSR count). The molecule has 2 unspecified atom stereocenters. The van der Waals surface area contributed by atoms with Crippen molar-refractivity contribution in [1.29, 1.82) is 0 Å². The third kappa shape index (κ3) is 18.7. The lowest BCUT2D eigenvalue weighted by molar-refractivity contribution is -0.142. The van der Waals surface area contributed by atoms with Crippen LogP contribution in [-0.2, 0) is 9.59 Å². The lowest BCUT2D eigenvalue weighted by Gasteiger charge is -2.29. The van der Waals surface area contributed by atoms with E-state index in [9.17, 15) is 9.59 Å². The van der Waals surface area contributed by atoms with Crippen LogP contribution in [0.5, 0.6) is 0 Å². The van der Waals surface area contributed by atoms with Gasteiger partial charge in [-0.3, -0.25) is 19.4 Å². The molecule has 0 amide bonds. The van der Waals surface area contributed by atoms with Crippen LogP contribution in [0.1, 0.15) is 47.5 Å². The summed E-state index contributed by atoms with van der Waals surface area (Å²) < 4.78 is 0. The van der Waals surface area contributed by atoms with E-state index in [4.69, 9.17) is 5.11 Å². The minimum Gasteiger partial charge on any atom is -0.480 e. The van der Waals surface area contributed by atoms with Gasteiger partial charge in [-0.05, 0) is 74.1 Å². The molecule has 0 saturated heterocycles. The first-order chi connectivity index (χ1) is 13.0. The van der Waals surface area contributed by atoms with Crippen molar-refractivity contribution in [3.63, 3.8) is 0 Å². The first-order valence-electron chi connectivity index (χ1n) is 9.49. The molecule has 0 aromatic carbocycles. The fourth-order valence-electron chi connectivity index (χ4n) is 2.24. The zero-order valence-electron chi connectivity index (χ0n) is 19.9. The lowest BCUT2D eigenvalue weighted by atomic mass is 10.1. The smallest absolute Gasteiger partial charge is 0.320 e. The van der Waals surface area contributed by atoms with Crippen LogP contribution in [0.15, 0.2) is 0 Å². The second-order valence-corrected chi connectivity index (χ2v) is 12.3. The SMILES string of the molecule is CSSCCC(C)N(C)[C@@H](C)C(=O)O.CSSCCC(C)N(C)[C@@H](C)C(C)=O.S.S. The zero-order chi connectivity index (χ0) is 22.3. The largest absolute Gasteiger partial charge is 0.480 e. The van der Waals surface area contributed by atoms with E-state index in [1.165, 1.54) is 0 Å². The highest BCUT2D eigenvalue weighted by Crippen LogP contribution is 2.20. The molecule has 0 radical (unpaired) electrons. The van der Waals surface area contributed by atoms with Crippen LogP contribution in [0, 0.1) is 0 Å². The van der Waals surface area contributed by atoms with Gasteiger partial charge in [-0.25, -0.2) is 0 Å². The average Bonchev–Trinajstić information content (AvgIpc) is 2.65. The van der Waals surface area contributed by atoms with Gasteiger partial charge in [0.05, 0.1) is 6.04 Å². The number of Topliss-reactive ketones (excluding diaryl/α,β-unsaturated/α-hetero) is 1. The number of likely N-dealkylation sites (N-methyl/N-ethyl adjacent to an activating group) is 2. The summed E-state index contributed by atoms with van der Waals surface area (Å²) in [7, 11) is 11.1. The Kier molecular flexibility index (Phi) is 29.9. The molecule has 184 valence electrons. The van der Waals surface area contributed by atoms with Crippen LogP contribution < -0.4 is 0 Å². The number of hydrogen-bond donors (Lipinski definition) is 1. The molecule has 0 spiro atoms. The van der Waals surface area contributed by atoms with Crippen LogP contribution in [0.25, 0.3) is 0 Å². The third-order valence-electron chi connectivity index (χ3n) is 5.03. The first-order valence-corrected chi connectivity index (χ1v) is 14.9. The Morgan fingerprint density at radius 1 is 0.800 bits per heavy atom. The number of carboxylic acid groups (broad SMARTS) is 1. The molecule has 0 saturated carbocycles. The van der Waals surface area contributed by atoms with Gasteiger partial charge in [-0.2, -0.15) is 27.0 Å². The van der Waals surface area contributed by atoms with E-state index in [0.29, 0.717) is 12.1 Å². The van der Waals surface area contributed by atoms with Crippen LogP contribution in [0.3, 0.4) is 0 Å². The standard InChI is InChI=1S/C10H21NOS2.C9H19NO2S2.2H2S/c1-8(6-7-14-13-5)11(4)9(2)10(3)12;1-7(5-6-14-13-4)10(3)8(2)9(11)12;;/h8-9H,6-7H2,1-5H3;7-8H,5-6H2,1-4H3,(H,11,12);2*1H2/t8?,9-;7?,8-;;/m00../s1. The molecule has 0 aliphatic heterocycles. The molecule has 1 N–H and O–H groups in total. The van der Waals surface area contributed by atoms with E-state index >= 15 is 0 Å². The van der Waals surface area contributed by atoms with Gasteiger partial charge < -0.3 is 5.11 Å². The number of carboxylic acids is 1. The van der Waals surface area contributed by atoms with E-state index < -0.39 is 12.0 Å². The molecule has 0 aromatic heterocycles. The van der Waals surface area contributed by atoms with Crippen molar-refractivity contribution in [2.75, 3.05) is 38.1 Å². The summed E-state index contributed by atoms with van der Waals surface area (Å²) in [4.78, 5) is 26.0. The van der Waals surface area contributed by atoms with Crippen molar-refractivity contribution in [2.24, 2.45) is 0 Å². The van der Waals surface area contributed by atoms with Gasteiger partial charge >= 0.3 is 5.97 Å². The molecular weight excluding hydrogens is 497 g/mol. The maximum absolute atomic E-state index is 11.2. The van der Waals surface area contributed by atoms with E-state index in [2.05, 4.69) is 31.3 Å². The molecule has 0 heterocycles. The molecule has 0 aliphatic carbocycles. The summed E-state index contributed by atoms with van der Waals surface area (Å²) in [6.45, 7) is 9.60. The van der Waals surface area contributed by atoms with Gasteiger partial charge in [-0.1, -0.05) is 43.2 Å². The lowest BCUT2D eigenvalue weighted by Crippen LogP contribution is -2.41. The van der Waals surface area contributed by atoms with Crippen molar-refractivity contribution in [2.45, 2.75) is 71.6 Å². The molecular formula is C19H44N2O3S6. The molecule has 5 nitrogen and oxygen atoms in total. The Labute approximate surface area is 215 Å². The Morgan fingerprint density at radius 2 is 1.13 bits per heavy atom. The van der Waals surface area contributed by atoms with Gasteiger partial charge in [0.1, 0.15) is 11.8 Å². The second kappa shape index (κ2) is 23.3. The fraction of sp³-hybridized carbons (Fsp3) is 0.895. The summed E-state index contributed by atoms with van der Waals surface area (Å²) in [5.41, 5.74) is 0. The quantitative estimate of drug-likeness (QED) is 0.240. The van der Waals surface area contributed by atoms with E-state index in [1.54, 1.807) is 35.4 Å². The highest BCUT2D eigenvalue weighted by atomic mass is 33.1. The highest BCUT2D eigenvalue weighted by molar-refractivity contribution is 8.76. The third-order valence-corrected chi connectivity index (χ3v) is 8.72. The van der Waals surface area contributed by atoms with Crippen molar-refractivity contribution in [1.82, 2.24) is 9.80 Å². The molecule has 0 fully saturated rings. The van der Waals surface area contributed by atoms with Crippen molar-refractivity contribution < 1.29 is 14.7 Å². The molecule has 0 bridgehead atoms. The number of nitrogens with zero attached hydrogens (tertiary/aromatic N) is 2. The highest BCUT2D eigenvalue weighted by Gasteiger charge is 2.21. The van der Waals surface area contributed by atoms with Gasteiger partial charge in [0.15, 0.2) is 0 Å². The normalized spacial score (nSPS) is 14.5. The number of carbonyl (C=O) groups is 2. The summed E-state index contributed by atoms with van der Waals surface area (Å²) in [6.07, 6.45) is 6.31. The molecule has 11 heteroatoms. The molecule has 0 aromatic rings. The van der Waals surface area contributed by atoms with Crippen molar-refractivity contribution >= 4 is 81.9 Å². The van der Waals surface area contributed by atoms with Gasteiger partial charge in [0.2, 0.25) is 0 Å². The van der Waals surface area contributed by atoms with Gasteiger partial charge in [0.25, 0.3) is 0 Å². The summed E-state index contributed by atoms with van der Waals surface area (Å²) in [5.74, 6) is 1.71.